The molecule has 0 atom stereocenters. The Hall–Kier alpha value is 0.390. The van der Waals surface area contributed by atoms with Crippen molar-refractivity contribution >= 4 is 26.0 Å². The van der Waals surface area contributed by atoms with E-state index < -0.39 is 10.0 Å². The normalized spacial score (nSPS) is 13.8. The van der Waals surface area contributed by atoms with Crippen molar-refractivity contribution in [1.82, 2.24) is 4.31 Å². The van der Waals surface area contributed by atoms with Gasteiger partial charge < -0.3 is 0 Å². The monoisotopic (exact) mass is 257 g/mol. The van der Waals surface area contributed by atoms with Gasteiger partial charge in [0.2, 0.25) is 10.0 Å². The molecule has 0 saturated carbocycles. The first-order valence-electron chi connectivity index (χ1n) is 3.69. The summed E-state index contributed by atoms with van der Waals surface area (Å²) >= 11 is 2.95. The Morgan fingerprint density at radius 2 is 1.75 bits per heavy atom. The van der Waals surface area contributed by atoms with Crippen molar-refractivity contribution in [3.63, 3.8) is 0 Å². The number of nitrogens with zero attached hydrogens (tertiary/aromatic N) is 1. The van der Waals surface area contributed by atoms with Crippen LogP contribution in [0.15, 0.2) is 0 Å². The van der Waals surface area contributed by atoms with Gasteiger partial charge in [-0.25, -0.2) is 12.7 Å². The molecule has 0 aromatic carbocycles. The average molecular weight is 258 g/mol. The van der Waals surface area contributed by atoms with Crippen LogP contribution in [0.1, 0.15) is 20.8 Å². The third-order valence-electron chi connectivity index (χ3n) is 1.31. The highest BCUT2D eigenvalue weighted by Gasteiger charge is 2.21. The van der Waals surface area contributed by atoms with Gasteiger partial charge in [0.05, 0.1) is 0 Å². The third kappa shape index (κ3) is 4.42. The van der Waals surface area contributed by atoms with Crippen molar-refractivity contribution in [2.75, 3.05) is 18.3 Å². The molecule has 12 heavy (non-hydrogen) atoms. The first kappa shape index (κ1) is 12.4. The molecule has 0 amide bonds. The van der Waals surface area contributed by atoms with Gasteiger partial charge in [-0.15, -0.1) is 0 Å². The van der Waals surface area contributed by atoms with Crippen molar-refractivity contribution in [2.45, 2.75) is 20.8 Å². The van der Waals surface area contributed by atoms with Crippen LogP contribution in [0.5, 0.6) is 0 Å². The summed E-state index contributed by atoms with van der Waals surface area (Å²) < 4.78 is 23.9. The zero-order chi connectivity index (χ0) is 9.99. The topological polar surface area (TPSA) is 37.4 Å². The molecule has 0 aromatic heterocycles. The second-order valence-corrected chi connectivity index (χ2v) is 7.42. The number of hydrogen-bond acceptors (Lipinski definition) is 2. The Bertz CT molecular complexity index is 230. The van der Waals surface area contributed by atoms with Crippen LogP contribution >= 0.6 is 15.9 Å². The molecular weight excluding hydrogens is 242 g/mol. The fraction of sp³-hybridized carbons (Fsp3) is 1.00. The summed E-state index contributed by atoms with van der Waals surface area (Å²) in [7, 11) is -1.48. The standard InChI is InChI=1S/C7H16BrNO2S/c1-7(2,3)5-9(4)12(10,11)6-8/h5-6H2,1-4H3. The quantitative estimate of drug-likeness (QED) is 0.722. The van der Waals surface area contributed by atoms with Crippen LogP contribution in [-0.4, -0.2) is 31.0 Å². The molecule has 0 unspecified atom stereocenters. The van der Waals surface area contributed by atoms with Crippen LogP contribution in [0.25, 0.3) is 0 Å². The maximum atomic E-state index is 11.3. The van der Waals surface area contributed by atoms with Gasteiger partial charge in [-0.3, -0.25) is 0 Å². The smallest absolute Gasteiger partial charge is 0.211 e. The molecule has 0 N–H and O–H groups in total. The van der Waals surface area contributed by atoms with E-state index in [2.05, 4.69) is 15.9 Å². The van der Waals surface area contributed by atoms with Crippen LogP contribution in [0.2, 0.25) is 0 Å². The minimum absolute atomic E-state index is 0.00396. The minimum atomic E-state index is -3.08. The summed E-state index contributed by atoms with van der Waals surface area (Å²) in [6, 6.07) is 0. The molecule has 0 saturated heterocycles. The van der Waals surface area contributed by atoms with E-state index in [1.165, 1.54) is 4.31 Å². The Kier molecular flexibility index (Phi) is 4.20. The Labute approximate surface area is 83.3 Å². The molecule has 3 nitrogen and oxygen atoms in total. The zero-order valence-electron chi connectivity index (χ0n) is 7.96. The maximum absolute atomic E-state index is 11.3. The number of rotatable bonds is 3. The minimum Gasteiger partial charge on any atom is -0.211 e. The number of hydrogen-bond donors (Lipinski definition) is 0. The molecule has 0 radical (unpaired) electrons. The van der Waals surface area contributed by atoms with Crippen LogP contribution < -0.4 is 0 Å². The van der Waals surface area contributed by atoms with Crippen LogP contribution in [0.4, 0.5) is 0 Å². The van der Waals surface area contributed by atoms with Gasteiger partial charge in [-0.1, -0.05) is 36.7 Å². The summed E-state index contributed by atoms with van der Waals surface area (Å²) in [5.74, 6) is 0. The van der Waals surface area contributed by atoms with Crippen molar-refractivity contribution in [3.05, 3.63) is 0 Å². The van der Waals surface area contributed by atoms with Gasteiger partial charge in [0.1, 0.15) is 4.66 Å². The van der Waals surface area contributed by atoms with Gasteiger partial charge in [-0.2, -0.15) is 0 Å². The van der Waals surface area contributed by atoms with Crippen molar-refractivity contribution in [2.24, 2.45) is 5.41 Å². The molecule has 0 heterocycles. The second kappa shape index (κ2) is 4.07. The lowest BCUT2D eigenvalue weighted by Gasteiger charge is -2.25. The Morgan fingerprint density at radius 3 is 2.00 bits per heavy atom. The predicted octanol–water partition coefficient (Wildman–Crippen LogP) is 1.65. The van der Waals surface area contributed by atoms with Crippen molar-refractivity contribution in [1.29, 1.82) is 0 Å². The SMILES string of the molecule is CN(CC(C)(C)C)S(=O)(=O)CBr. The highest BCUT2D eigenvalue weighted by atomic mass is 79.9. The van der Waals surface area contributed by atoms with Crippen LogP contribution in [-0.2, 0) is 10.0 Å². The Morgan fingerprint density at radius 1 is 1.33 bits per heavy atom. The molecule has 0 bridgehead atoms. The second-order valence-electron chi connectivity index (χ2n) is 4.04. The lowest BCUT2D eigenvalue weighted by molar-refractivity contribution is 0.312. The molecule has 74 valence electrons. The van der Waals surface area contributed by atoms with E-state index in [1.807, 2.05) is 20.8 Å². The molecule has 0 aromatic rings. The predicted molar refractivity (Wildman–Crippen MR) is 54.8 cm³/mol. The fourth-order valence-electron chi connectivity index (χ4n) is 0.850. The molecule has 0 aliphatic rings. The van der Waals surface area contributed by atoms with Gasteiger partial charge >= 0.3 is 0 Å². The van der Waals surface area contributed by atoms with E-state index in [9.17, 15) is 8.42 Å². The lowest BCUT2D eigenvalue weighted by atomic mass is 9.97. The first-order chi connectivity index (χ1) is 5.19. The van der Waals surface area contributed by atoms with Crippen LogP contribution in [0.3, 0.4) is 0 Å². The van der Waals surface area contributed by atoms with Crippen LogP contribution in [0, 0.1) is 5.41 Å². The summed E-state index contributed by atoms with van der Waals surface area (Å²) in [5.41, 5.74) is 0.00396. The highest BCUT2D eigenvalue weighted by Crippen LogP contribution is 2.16. The third-order valence-corrected chi connectivity index (χ3v) is 4.40. The zero-order valence-corrected chi connectivity index (χ0v) is 10.4. The summed E-state index contributed by atoms with van der Waals surface area (Å²) in [6.45, 7) is 6.56. The number of halogens is 1. The van der Waals surface area contributed by atoms with E-state index in [1.54, 1.807) is 7.05 Å². The van der Waals surface area contributed by atoms with Crippen molar-refractivity contribution in [3.8, 4) is 0 Å². The molecule has 0 aliphatic carbocycles. The summed E-state index contributed by atoms with van der Waals surface area (Å²) in [4.78, 5) is 0. The molecule has 5 heteroatoms. The average Bonchev–Trinajstić information content (AvgIpc) is 1.84. The molecule has 0 spiro atoms. The number of sulfonamides is 1. The molecule has 0 aliphatic heterocycles. The summed E-state index contributed by atoms with van der Waals surface area (Å²) in [6.07, 6.45) is 0. The first-order valence-corrected chi connectivity index (χ1v) is 6.42. The lowest BCUT2D eigenvalue weighted by Crippen LogP contribution is -2.34. The van der Waals surface area contributed by atoms with E-state index in [0.717, 1.165) is 0 Å². The van der Waals surface area contributed by atoms with Gasteiger partial charge in [0.15, 0.2) is 0 Å². The Balaban J connectivity index is 4.34. The molecule has 0 rings (SSSR count). The van der Waals surface area contributed by atoms with Gasteiger partial charge in [0.25, 0.3) is 0 Å². The van der Waals surface area contributed by atoms with E-state index in [4.69, 9.17) is 0 Å². The van der Waals surface area contributed by atoms with E-state index >= 15 is 0 Å². The summed E-state index contributed by atoms with van der Waals surface area (Å²) in [5, 5.41) is 0. The van der Waals surface area contributed by atoms with E-state index in [-0.39, 0.29) is 10.1 Å². The highest BCUT2D eigenvalue weighted by molar-refractivity contribution is 9.10. The fourth-order valence-corrected chi connectivity index (χ4v) is 2.65. The molecular formula is C7H16BrNO2S. The van der Waals surface area contributed by atoms with Gasteiger partial charge in [0, 0.05) is 13.6 Å². The molecule has 0 fully saturated rings. The number of alkyl halides is 1. The van der Waals surface area contributed by atoms with Crippen molar-refractivity contribution < 1.29 is 8.42 Å². The maximum Gasteiger partial charge on any atom is 0.223 e. The van der Waals surface area contributed by atoms with Gasteiger partial charge in [-0.05, 0) is 5.41 Å². The largest absolute Gasteiger partial charge is 0.223 e. The van der Waals surface area contributed by atoms with E-state index in [0.29, 0.717) is 6.54 Å².